The van der Waals surface area contributed by atoms with Gasteiger partial charge in [-0.2, -0.15) is 0 Å². The molecule has 0 aliphatic carbocycles. The highest BCUT2D eigenvalue weighted by molar-refractivity contribution is 6.46. The smallest absolute Gasteiger partial charge is 0.295 e. The highest BCUT2D eigenvalue weighted by Gasteiger charge is 2.46. The van der Waals surface area contributed by atoms with Crippen LogP contribution < -0.4 is 9.47 Å². The Hall–Kier alpha value is -4.06. The van der Waals surface area contributed by atoms with Crippen LogP contribution in [0.15, 0.2) is 84.4 Å². The number of hydrogen-bond acceptors (Lipinski definition) is 5. The predicted molar refractivity (Wildman–Crippen MR) is 144 cm³/mol. The van der Waals surface area contributed by atoms with Gasteiger partial charge in [-0.1, -0.05) is 80.1 Å². The van der Waals surface area contributed by atoms with Crippen molar-refractivity contribution < 1.29 is 24.2 Å². The Balaban J connectivity index is 1.78. The fraction of sp³-hybridized carbons (Fsp3) is 0.290. The summed E-state index contributed by atoms with van der Waals surface area (Å²) < 4.78 is 11.8. The van der Waals surface area contributed by atoms with Crippen LogP contribution in [0.1, 0.15) is 49.4 Å². The number of aliphatic hydroxyl groups is 1. The molecule has 4 rings (SSSR count). The number of Topliss-reactive ketones (excluding diaryl/α,β-unsaturated/α-hetero) is 1. The number of carbonyl (C=O) groups excluding carboxylic acids is 2. The van der Waals surface area contributed by atoms with E-state index in [4.69, 9.17) is 9.47 Å². The molecule has 0 saturated carbocycles. The molecule has 3 aromatic carbocycles. The summed E-state index contributed by atoms with van der Waals surface area (Å²) in [5.41, 5.74) is 2.29. The van der Waals surface area contributed by atoms with Crippen LogP contribution in [0.4, 0.5) is 0 Å². The van der Waals surface area contributed by atoms with Gasteiger partial charge in [-0.25, -0.2) is 0 Å². The summed E-state index contributed by atoms with van der Waals surface area (Å²) in [6.45, 7) is 5.32. The van der Waals surface area contributed by atoms with Gasteiger partial charge >= 0.3 is 0 Å². The molecule has 1 amide bonds. The summed E-state index contributed by atoms with van der Waals surface area (Å²) in [5.74, 6) is -0.347. The van der Waals surface area contributed by atoms with Crippen LogP contribution in [0, 0.1) is 0 Å². The summed E-state index contributed by atoms with van der Waals surface area (Å²) in [7, 11) is 0. The largest absolute Gasteiger partial charge is 0.507 e. The fourth-order valence-electron chi connectivity index (χ4n) is 4.51. The molecule has 1 fully saturated rings. The molecule has 1 unspecified atom stereocenters. The van der Waals surface area contributed by atoms with Crippen LogP contribution >= 0.6 is 0 Å². The molecule has 1 saturated heterocycles. The van der Waals surface area contributed by atoms with Crippen LogP contribution in [0.5, 0.6) is 11.5 Å². The second-order valence-corrected chi connectivity index (χ2v) is 8.94. The normalized spacial score (nSPS) is 16.7. The van der Waals surface area contributed by atoms with Gasteiger partial charge in [0.05, 0.1) is 24.8 Å². The van der Waals surface area contributed by atoms with E-state index in [1.165, 1.54) is 0 Å². The molecule has 192 valence electrons. The van der Waals surface area contributed by atoms with E-state index >= 15 is 0 Å². The maximum atomic E-state index is 13.3. The number of amides is 1. The van der Waals surface area contributed by atoms with Gasteiger partial charge in [-0.3, -0.25) is 9.59 Å². The molecule has 1 N–H and O–H groups in total. The number of likely N-dealkylation sites (tertiary alicyclic amines) is 1. The molecule has 0 spiro atoms. The van der Waals surface area contributed by atoms with Crippen LogP contribution in [-0.2, 0) is 16.0 Å². The van der Waals surface area contributed by atoms with Crippen molar-refractivity contribution >= 4 is 17.4 Å². The first-order chi connectivity index (χ1) is 18.0. The van der Waals surface area contributed by atoms with Gasteiger partial charge in [0.2, 0.25) is 0 Å². The first kappa shape index (κ1) is 26.0. The zero-order valence-corrected chi connectivity index (χ0v) is 21.4. The van der Waals surface area contributed by atoms with E-state index in [1.54, 1.807) is 29.2 Å². The zero-order valence-electron chi connectivity index (χ0n) is 21.4. The van der Waals surface area contributed by atoms with E-state index in [-0.39, 0.29) is 11.3 Å². The standard InChI is InChI=1S/C31H33NO5/c1-3-5-20-37-25-17-16-24(21-26(25)36-4-2)28-27(29(33)23-14-10-7-11-15-23)30(34)31(35)32(28)19-18-22-12-8-6-9-13-22/h6-17,21,28,33H,3-5,18-20H2,1-2H3/b29-27+. The molecular formula is C31H33NO5. The molecule has 1 heterocycles. The van der Waals surface area contributed by atoms with E-state index in [0.29, 0.717) is 48.8 Å². The molecule has 0 radical (unpaired) electrons. The summed E-state index contributed by atoms with van der Waals surface area (Å²) in [6.07, 6.45) is 2.51. The first-order valence-electron chi connectivity index (χ1n) is 12.8. The van der Waals surface area contributed by atoms with Gasteiger partial charge in [0.15, 0.2) is 11.5 Å². The van der Waals surface area contributed by atoms with Crippen molar-refractivity contribution in [2.45, 2.75) is 39.2 Å². The van der Waals surface area contributed by atoms with Crippen molar-refractivity contribution in [3.8, 4) is 11.5 Å². The molecule has 3 aromatic rings. The van der Waals surface area contributed by atoms with Crippen molar-refractivity contribution in [1.29, 1.82) is 0 Å². The second kappa shape index (κ2) is 12.3. The molecular weight excluding hydrogens is 466 g/mol. The number of unbranched alkanes of at least 4 members (excludes halogenated alkanes) is 1. The minimum absolute atomic E-state index is 0.0753. The monoisotopic (exact) mass is 499 g/mol. The Morgan fingerprint density at radius 2 is 1.59 bits per heavy atom. The van der Waals surface area contributed by atoms with Crippen LogP contribution in [0.3, 0.4) is 0 Å². The lowest BCUT2D eigenvalue weighted by molar-refractivity contribution is -0.139. The van der Waals surface area contributed by atoms with E-state index in [1.807, 2.05) is 61.5 Å². The molecule has 0 bridgehead atoms. The van der Waals surface area contributed by atoms with E-state index in [2.05, 4.69) is 6.92 Å². The average Bonchev–Trinajstić information content (AvgIpc) is 3.18. The average molecular weight is 500 g/mol. The Bertz CT molecular complexity index is 1250. The second-order valence-electron chi connectivity index (χ2n) is 8.94. The van der Waals surface area contributed by atoms with Gasteiger partial charge in [0, 0.05) is 12.1 Å². The minimum atomic E-state index is -0.757. The third-order valence-corrected chi connectivity index (χ3v) is 6.41. The summed E-state index contributed by atoms with van der Waals surface area (Å²) in [4.78, 5) is 28.1. The van der Waals surface area contributed by atoms with Gasteiger partial charge in [-0.05, 0) is 43.0 Å². The molecule has 1 aliphatic heterocycles. The molecule has 0 aromatic heterocycles. The molecule has 37 heavy (non-hydrogen) atoms. The fourth-order valence-corrected chi connectivity index (χ4v) is 4.51. The Labute approximate surface area is 218 Å². The van der Waals surface area contributed by atoms with Gasteiger partial charge in [-0.15, -0.1) is 0 Å². The van der Waals surface area contributed by atoms with Crippen LogP contribution in [-0.4, -0.2) is 41.5 Å². The number of ketones is 1. The number of rotatable bonds is 11. The minimum Gasteiger partial charge on any atom is -0.507 e. The van der Waals surface area contributed by atoms with Crippen molar-refractivity contribution in [3.05, 3.63) is 101 Å². The van der Waals surface area contributed by atoms with E-state index in [9.17, 15) is 14.7 Å². The topological polar surface area (TPSA) is 76.1 Å². The van der Waals surface area contributed by atoms with Crippen molar-refractivity contribution in [3.63, 3.8) is 0 Å². The third kappa shape index (κ3) is 5.85. The van der Waals surface area contributed by atoms with Crippen molar-refractivity contribution in [2.24, 2.45) is 0 Å². The molecule has 6 heteroatoms. The third-order valence-electron chi connectivity index (χ3n) is 6.41. The lowest BCUT2D eigenvalue weighted by atomic mass is 9.95. The zero-order chi connectivity index (χ0) is 26.2. The summed E-state index contributed by atoms with van der Waals surface area (Å²) in [6, 6.07) is 23.4. The number of hydrogen-bond donors (Lipinski definition) is 1. The van der Waals surface area contributed by atoms with E-state index in [0.717, 1.165) is 18.4 Å². The van der Waals surface area contributed by atoms with Crippen molar-refractivity contribution in [2.75, 3.05) is 19.8 Å². The molecule has 1 atom stereocenters. The Morgan fingerprint density at radius 1 is 0.892 bits per heavy atom. The van der Waals surface area contributed by atoms with Gasteiger partial charge in [0.1, 0.15) is 5.76 Å². The summed E-state index contributed by atoms with van der Waals surface area (Å²) in [5, 5.41) is 11.2. The lowest BCUT2D eigenvalue weighted by Gasteiger charge is -2.26. The van der Waals surface area contributed by atoms with Gasteiger partial charge < -0.3 is 19.5 Å². The maximum absolute atomic E-state index is 13.3. The van der Waals surface area contributed by atoms with Crippen molar-refractivity contribution in [1.82, 2.24) is 4.90 Å². The number of carbonyl (C=O) groups is 2. The number of ether oxygens (including phenoxy) is 2. The highest BCUT2D eigenvalue weighted by Crippen LogP contribution is 2.42. The quantitative estimate of drug-likeness (QED) is 0.153. The number of benzene rings is 3. The first-order valence-corrected chi connectivity index (χ1v) is 12.8. The lowest BCUT2D eigenvalue weighted by Crippen LogP contribution is -2.31. The SMILES string of the molecule is CCCCOc1ccc(C2/C(=C(\O)c3ccccc3)C(=O)C(=O)N2CCc2ccccc2)cc1OCC. The summed E-state index contributed by atoms with van der Waals surface area (Å²) >= 11 is 0. The number of nitrogens with zero attached hydrogens (tertiary/aromatic N) is 1. The molecule has 6 nitrogen and oxygen atoms in total. The van der Waals surface area contributed by atoms with Crippen LogP contribution in [0.2, 0.25) is 0 Å². The predicted octanol–water partition coefficient (Wildman–Crippen LogP) is 5.93. The van der Waals surface area contributed by atoms with E-state index < -0.39 is 17.7 Å². The maximum Gasteiger partial charge on any atom is 0.295 e. The molecule has 1 aliphatic rings. The van der Waals surface area contributed by atoms with Gasteiger partial charge in [0.25, 0.3) is 11.7 Å². The number of aliphatic hydroxyl groups excluding tert-OH is 1. The Kier molecular flexibility index (Phi) is 8.62. The van der Waals surface area contributed by atoms with Crippen LogP contribution in [0.25, 0.3) is 5.76 Å². The Morgan fingerprint density at radius 3 is 2.27 bits per heavy atom. The highest BCUT2D eigenvalue weighted by atomic mass is 16.5.